The summed E-state index contributed by atoms with van der Waals surface area (Å²) in [5.74, 6) is -0.0431. The Morgan fingerprint density at radius 2 is 2.00 bits per heavy atom. The molecule has 1 atom stereocenters. The van der Waals surface area contributed by atoms with E-state index in [1.54, 1.807) is 0 Å². The van der Waals surface area contributed by atoms with E-state index in [0.29, 0.717) is 6.61 Å². The predicted molar refractivity (Wildman–Crippen MR) is 82.9 cm³/mol. The van der Waals surface area contributed by atoms with E-state index in [1.807, 2.05) is 6.92 Å². The third-order valence-corrected chi connectivity index (χ3v) is 4.27. The number of carbonyl (C=O) groups is 1. The predicted octanol–water partition coefficient (Wildman–Crippen LogP) is 2.57. The van der Waals surface area contributed by atoms with Crippen molar-refractivity contribution in [1.29, 1.82) is 0 Å². The average Bonchev–Trinajstić information content (AvgIpc) is 2.73. The lowest BCUT2D eigenvalue weighted by atomic mass is 9.91. The van der Waals surface area contributed by atoms with Crippen molar-refractivity contribution in [2.24, 2.45) is 0 Å². The van der Waals surface area contributed by atoms with E-state index < -0.39 is 5.54 Å². The molecule has 1 fully saturated rings. The summed E-state index contributed by atoms with van der Waals surface area (Å²) in [5, 5.41) is 3.40. The molecule has 1 aliphatic heterocycles. The zero-order chi connectivity index (χ0) is 14.8. The molecule has 118 valence electrons. The minimum absolute atomic E-state index is 0.0431. The summed E-state index contributed by atoms with van der Waals surface area (Å²) >= 11 is 0. The van der Waals surface area contributed by atoms with Gasteiger partial charge in [0.1, 0.15) is 5.54 Å². The van der Waals surface area contributed by atoms with Gasteiger partial charge in [-0.25, -0.2) is 0 Å². The van der Waals surface area contributed by atoms with Crippen LogP contribution in [-0.2, 0) is 9.53 Å². The van der Waals surface area contributed by atoms with Crippen LogP contribution in [0.5, 0.6) is 0 Å². The second kappa shape index (κ2) is 9.35. The Morgan fingerprint density at radius 3 is 2.70 bits per heavy atom. The Hall–Kier alpha value is -0.610. The number of nitrogens with one attached hydrogen (secondary N) is 1. The standard InChI is InChI=1S/C16H32N2O2/c1-4-6-7-8-10-16(3,15(19)20-5-2)18-13-9-11-17-12-14-18/h17H,4-14H2,1-3H3. The Balaban J connectivity index is 2.67. The lowest BCUT2D eigenvalue weighted by molar-refractivity contribution is -0.157. The number of unbranched alkanes of at least 4 members (excludes halogenated alkanes) is 3. The highest BCUT2D eigenvalue weighted by atomic mass is 16.5. The van der Waals surface area contributed by atoms with E-state index in [9.17, 15) is 4.79 Å². The summed E-state index contributed by atoms with van der Waals surface area (Å²) < 4.78 is 5.36. The normalized spacial score (nSPS) is 20.1. The first-order valence-corrected chi connectivity index (χ1v) is 8.28. The number of hydrogen-bond donors (Lipinski definition) is 1. The summed E-state index contributed by atoms with van der Waals surface area (Å²) in [6, 6.07) is 0. The molecular formula is C16H32N2O2. The van der Waals surface area contributed by atoms with Crippen LogP contribution in [0.15, 0.2) is 0 Å². The second-order valence-electron chi connectivity index (χ2n) is 5.90. The lowest BCUT2D eigenvalue weighted by Gasteiger charge is -2.38. The maximum Gasteiger partial charge on any atom is 0.326 e. The van der Waals surface area contributed by atoms with Gasteiger partial charge in [0.15, 0.2) is 0 Å². The van der Waals surface area contributed by atoms with Crippen molar-refractivity contribution < 1.29 is 9.53 Å². The number of carbonyl (C=O) groups excluding carboxylic acids is 1. The minimum Gasteiger partial charge on any atom is -0.465 e. The van der Waals surface area contributed by atoms with Crippen LogP contribution in [0.25, 0.3) is 0 Å². The van der Waals surface area contributed by atoms with E-state index in [0.717, 1.165) is 45.4 Å². The van der Waals surface area contributed by atoms with Crippen molar-refractivity contribution in [3.05, 3.63) is 0 Å². The molecule has 0 bridgehead atoms. The first-order chi connectivity index (χ1) is 9.65. The van der Waals surface area contributed by atoms with Crippen molar-refractivity contribution in [3.63, 3.8) is 0 Å². The van der Waals surface area contributed by atoms with Gasteiger partial charge in [-0.2, -0.15) is 0 Å². The molecule has 0 amide bonds. The Bertz CT molecular complexity index is 276. The fourth-order valence-corrected chi connectivity index (χ4v) is 2.91. The molecule has 1 aliphatic rings. The molecule has 0 saturated carbocycles. The molecule has 1 unspecified atom stereocenters. The number of hydrogen-bond acceptors (Lipinski definition) is 4. The van der Waals surface area contributed by atoms with E-state index >= 15 is 0 Å². The van der Waals surface area contributed by atoms with Crippen molar-refractivity contribution >= 4 is 5.97 Å². The van der Waals surface area contributed by atoms with Gasteiger partial charge < -0.3 is 10.1 Å². The Kier molecular flexibility index (Phi) is 8.15. The highest BCUT2D eigenvalue weighted by molar-refractivity contribution is 5.80. The summed E-state index contributed by atoms with van der Waals surface area (Å²) in [5.41, 5.74) is -0.449. The van der Waals surface area contributed by atoms with Gasteiger partial charge in [0.25, 0.3) is 0 Å². The van der Waals surface area contributed by atoms with Crippen LogP contribution >= 0.6 is 0 Å². The molecule has 0 radical (unpaired) electrons. The van der Waals surface area contributed by atoms with E-state index in [2.05, 4.69) is 24.1 Å². The van der Waals surface area contributed by atoms with Gasteiger partial charge in [-0.3, -0.25) is 9.69 Å². The second-order valence-corrected chi connectivity index (χ2v) is 5.90. The third kappa shape index (κ3) is 5.06. The Labute approximate surface area is 124 Å². The van der Waals surface area contributed by atoms with Crippen LogP contribution in [0.4, 0.5) is 0 Å². The summed E-state index contributed by atoms with van der Waals surface area (Å²) in [7, 11) is 0. The fourth-order valence-electron chi connectivity index (χ4n) is 2.91. The molecule has 4 heteroatoms. The van der Waals surface area contributed by atoms with Crippen LogP contribution in [0, 0.1) is 0 Å². The molecule has 0 aromatic heterocycles. The first kappa shape index (κ1) is 17.4. The number of nitrogens with zero attached hydrogens (tertiary/aromatic N) is 1. The highest BCUT2D eigenvalue weighted by Gasteiger charge is 2.40. The van der Waals surface area contributed by atoms with E-state index in [1.165, 1.54) is 19.3 Å². The zero-order valence-corrected chi connectivity index (χ0v) is 13.5. The van der Waals surface area contributed by atoms with Crippen molar-refractivity contribution in [3.8, 4) is 0 Å². The van der Waals surface area contributed by atoms with Crippen molar-refractivity contribution in [2.45, 2.75) is 64.8 Å². The number of rotatable bonds is 8. The van der Waals surface area contributed by atoms with Gasteiger partial charge in [0, 0.05) is 19.6 Å². The number of ether oxygens (including phenoxy) is 1. The van der Waals surface area contributed by atoms with Crippen LogP contribution in [-0.4, -0.2) is 49.2 Å². The molecular weight excluding hydrogens is 252 g/mol. The fraction of sp³-hybridized carbons (Fsp3) is 0.938. The SMILES string of the molecule is CCCCCCC(C)(C(=O)OCC)N1CCCNCC1. The van der Waals surface area contributed by atoms with Gasteiger partial charge >= 0.3 is 5.97 Å². The third-order valence-electron chi connectivity index (χ3n) is 4.27. The molecule has 1 N–H and O–H groups in total. The monoisotopic (exact) mass is 284 g/mol. The van der Waals surface area contributed by atoms with E-state index in [-0.39, 0.29) is 5.97 Å². The summed E-state index contributed by atoms with van der Waals surface area (Å²) in [6.45, 7) is 10.6. The topological polar surface area (TPSA) is 41.6 Å². The van der Waals surface area contributed by atoms with Crippen LogP contribution < -0.4 is 5.32 Å². The van der Waals surface area contributed by atoms with Gasteiger partial charge in [0.05, 0.1) is 6.61 Å². The molecule has 0 aliphatic carbocycles. The van der Waals surface area contributed by atoms with Crippen molar-refractivity contribution in [2.75, 3.05) is 32.8 Å². The maximum absolute atomic E-state index is 12.5. The van der Waals surface area contributed by atoms with Gasteiger partial charge in [-0.05, 0) is 33.2 Å². The van der Waals surface area contributed by atoms with Crippen LogP contribution in [0.1, 0.15) is 59.3 Å². The lowest BCUT2D eigenvalue weighted by Crippen LogP contribution is -2.54. The minimum atomic E-state index is -0.449. The van der Waals surface area contributed by atoms with E-state index in [4.69, 9.17) is 4.74 Å². The van der Waals surface area contributed by atoms with Gasteiger partial charge in [0.2, 0.25) is 0 Å². The number of esters is 1. The van der Waals surface area contributed by atoms with Gasteiger partial charge in [-0.15, -0.1) is 0 Å². The first-order valence-electron chi connectivity index (χ1n) is 8.28. The smallest absolute Gasteiger partial charge is 0.326 e. The average molecular weight is 284 g/mol. The molecule has 0 spiro atoms. The molecule has 4 nitrogen and oxygen atoms in total. The highest BCUT2D eigenvalue weighted by Crippen LogP contribution is 2.25. The zero-order valence-electron chi connectivity index (χ0n) is 13.5. The molecule has 0 aromatic carbocycles. The molecule has 1 heterocycles. The summed E-state index contributed by atoms with van der Waals surface area (Å²) in [4.78, 5) is 14.8. The largest absolute Gasteiger partial charge is 0.465 e. The summed E-state index contributed by atoms with van der Waals surface area (Å²) in [6.07, 6.45) is 6.80. The van der Waals surface area contributed by atoms with Crippen LogP contribution in [0.3, 0.4) is 0 Å². The van der Waals surface area contributed by atoms with Crippen molar-refractivity contribution in [1.82, 2.24) is 10.2 Å². The molecule has 1 rings (SSSR count). The maximum atomic E-state index is 12.5. The van der Waals surface area contributed by atoms with Crippen LogP contribution in [0.2, 0.25) is 0 Å². The Morgan fingerprint density at radius 1 is 1.20 bits per heavy atom. The quantitative estimate of drug-likeness (QED) is 0.549. The molecule has 1 saturated heterocycles. The molecule has 0 aromatic rings. The van der Waals surface area contributed by atoms with Gasteiger partial charge in [-0.1, -0.05) is 32.6 Å². The molecule has 20 heavy (non-hydrogen) atoms.